The van der Waals surface area contributed by atoms with Crippen molar-refractivity contribution < 1.29 is 4.74 Å². The maximum absolute atomic E-state index is 5.85. The number of fused-ring (bicyclic) bond motifs is 1. The lowest BCUT2D eigenvalue weighted by Gasteiger charge is -2.24. The molecule has 2 heterocycles. The quantitative estimate of drug-likeness (QED) is 0.867. The molecule has 2 N–H and O–H groups in total. The number of nitrogens with one attached hydrogen (secondary N) is 2. The van der Waals surface area contributed by atoms with E-state index < -0.39 is 0 Å². The summed E-state index contributed by atoms with van der Waals surface area (Å²) in [5, 5.41) is 3.30. The van der Waals surface area contributed by atoms with Crippen molar-refractivity contribution >= 4 is 0 Å². The van der Waals surface area contributed by atoms with Crippen molar-refractivity contribution in [3.8, 4) is 5.75 Å². The number of H-pyrrole nitrogens is 1. The Kier molecular flexibility index (Phi) is 3.02. The van der Waals surface area contributed by atoms with Crippen LogP contribution in [0.2, 0.25) is 0 Å². The zero-order valence-electron chi connectivity index (χ0n) is 10.4. The van der Waals surface area contributed by atoms with Crippen LogP contribution >= 0.6 is 0 Å². The molecule has 1 atom stereocenters. The molecule has 1 unspecified atom stereocenters. The molecule has 0 bridgehead atoms. The topological polar surface area (TPSA) is 49.9 Å². The highest BCUT2D eigenvalue weighted by Crippen LogP contribution is 2.34. The lowest BCUT2D eigenvalue weighted by molar-refractivity contribution is 0.283. The molecule has 1 aliphatic rings. The summed E-state index contributed by atoms with van der Waals surface area (Å²) in [5.41, 5.74) is 2.45. The molecular formula is C14H17N3O. The van der Waals surface area contributed by atoms with Crippen LogP contribution in [0.15, 0.2) is 30.6 Å². The van der Waals surface area contributed by atoms with E-state index >= 15 is 0 Å². The van der Waals surface area contributed by atoms with Crippen LogP contribution in [0.3, 0.4) is 0 Å². The van der Waals surface area contributed by atoms with E-state index in [1.165, 1.54) is 5.56 Å². The van der Waals surface area contributed by atoms with Gasteiger partial charge in [-0.3, -0.25) is 0 Å². The Morgan fingerprint density at radius 2 is 2.39 bits per heavy atom. The van der Waals surface area contributed by atoms with Crippen LogP contribution in [0.25, 0.3) is 0 Å². The van der Waals surface area contributed by atoms with Gasteiger partial charge in [-0.1, -0.05) is 18.2 Å². The predicted octanol–water partition coefficient (Wildman–Crippen LogP) is 2.04. The molecule has 94 valence electrons. The van der Waals surface area contributed by atoms with Gasteiger partial charge < -0.3 is 15.0 Å². The zero-order valence-corrected chi connectivity index (χ0v) is 10.4. The molecule has 2 aromatic rings. The number of rotatable bonds is 3. The third-order valence-corrected chi connectivity index (χ3v) is 3.36. The minimum atomic E-state index is 0.0491. The normalized spacial score (nSPS) is 15.8. The number of hydrogen-bond acceptors (Lipinski definition) is 3. The number of aromatic nitrogens is 2. The van der Waals surface area contributed by atoms with E-state index in [1.54, 1.807) is 6.20 Å². The first-order valence-electron chi connectivity index (χ1n) is 6.31. The van der Waals surface area contributed by atoms with Crippen molar-refractivity contribution in [1.82, 2.24) is 15.3 Å². The highest BCUT2D eigenvalue weighted by molar-refractivity contribution is 5.46. The van der Waals surface area contributed by atoms with Crippen LogP contribution in [-0.4, -0.2) is 23.6 Å². The summed E-state index contributed by atoms with van der Waals surface area (Å²) < 4.78 is 5.85. The van der Waals surface area contributed by atoms with Crippen LogP contribution in [0.4, 0.5) is 0 Å². The van der Waals surface area contributed by atoms with Crippen LogP contribution in [0.5, 0.6) is 5.75 Å². The van der Waals surface area contributed by atoms with Gasteiger partial charge >= 0.3 is 0 Å². The molecule has 0 aliphatic carbocycles. The van der Waals surface area contributed by atoms with Crippen LogP contribution in [0, 0.1) is 0 Å². The van der Waals surface area contributed by atoms with Gasteiger partial charge in [0.15, 0.2) is 0 Å². The average Bonchev–Trinajstić information content (AvgIpc) is 2.94. The number of aryl methyl sites for hydroxylation is 1. The van der Waals surface area contributed by atoms with E-state index in [1.807, 2.05) is 13.2 Å². The third-order valence-electron chi connectivity index (χ3n) is 3.36. The SMILES string of the molecule is CNC(c1ncc[nH]1)c1cccc2c1OCCC2. The van der Waals surface area contributed by atoms with Crippen molar-refractivity contribution in [2.24, 2.45) is 0 Å². The van der Waals surface area contributed by atoms with Crippen LogP contribution < -0.4 is 10.1 Å². The lowest BCUT2D eigenvalue weighted by atomic mass is 9.97. The maximum atomic E-state index is 5.85. The standard InChI is InChI=1S/C14H17N3O/c1-15-12(14-16-7-8-17-14)11-6-2-4-10-5-3-9-18-13(10)11/h2,4,6-8,12,15H,3,5,9H2,1H3,(H,16,17). The molecule has 1 aliphatic heterocycles. The average molecular weight is 243 g/mol. The summed E-state index contributed by atoms with van der Waals surface area (Å²) in [6.07, 6.45) is 5.81. The molecule has 3 rings (SSSR count). The number of nitrogens with zero attached hydrogens (tertiary/aromatic N) is 1. The predicted molar refractivity (Wildman–Crippen MR) is 69.7 cm³/mol. The molecule has 0 saturated heterocycles. The maximum Gasteiger partial charge on any atom is 0.127 e. The summed E-state index contributed by atoms with van der Waals surface area (Å²) in [5.74, 6) is 1.94. The fraction of sp³-hybridized carbons (Fsp3) is 0.357. The van der Waals surface area contributed by atoms with E-state index in [9.17, 15) is 0 Å². The van der Waals surface area contributed by atoms with Crippen molar-refractivity contribution in [3.63, 3.8) is 0 Å². The van der Waals surface area contributed by atoms with Gasteiger partial charge in [-0.25, -0.2) is 4.98 Å². The molecule has 1 aromatic heterocycles. The molecule has 0 radical (unpaired) electrons. The zero-order chi connectivity index (χ0) is 12.4. The molecule has 4 nitrogen and oxygen atoms in total. The van der Waals surface area contributed by atoms with Gasteiger partial charge in [0, 0.05) is 18.0 Å². The molecular weight excluding hydrogens is 226 g/mol. The summed E-state index contributed by atoms with van der Waals surface area (Å²) >= 11 is 0. The summed E-state index contributed by atoms with van der Waals surface area (Å²) in [6, 6.07) is 6.39. The van der Waals surface area contributed by atoms with Crippen molar-refractivity contribution in [2.75, 3.05) is 13.7 Å². The number of para-hydroxylation sites is 1. The summed E-state index contributed by atoms with van der Waals surface area (Å²) in [6.45, 7) is 0.804. The van der Waals surface area contributed by atoms with Gasteiger partial charge in [-0.2, -0.15) is 0 Å². The van der Waals surface area contributed by atoms with E-state index in [-0.39, 0.29) is 6.04 Å². The van der Waals surface area contributed by atoms with Gasteiger partial charge in [0.25, 0.3) is 0 Å². The monoisotopic (exact) mass is 243 g/mol. The van der Waals surface area contributed by atoms with E-state index in [4.69, 9.17) is 4.74 Å². The van der Waals surface area contributed by atoms with Crippen LogP contribution in [-0.2, 0) is 6.42 Å². The summed E-state index contributed by atoms with van der Waals surface area (Å²) in [4.78, 5) is 7.50. The second-order valence-corrected chi connectivity index (χ2v) is 4.48. The smallest absolute Gasteiger partial charge is 0.127 e. The second-order valence-electron chi connectivity index (χ2n) is 4.48. The molecule has 0 spiro atoms. The van der Waals surface area contributed by atoms with Gasteiger partial charge in [0.05, 0.1) is 12.6 Å². The van der Waals surface area contributed by atoms with Crippen molar-refractivity contribution in [1.29, 1.82) is 0 Å². The first-order chi connectivity index (χ1) is 8.90. The Balaban J connectivity index is 2.05. The third kappa shape index (κ3) is 1.88. The van der Waals surface area contributed by atoms with Crippen LogP contribution in [0.1, 0.15) is 29.4 Å². The molecule has 0 fully saturated rings. The Bertz CT molecular complexity index is 522. The van der Waals surface area contributed by atoms with Crippen molar-refractivity contribution in [3.05, 3.63) is 47.5 Å². The molecule has 1 aromatic carbocycles. The highest BCUT2D eigenvalue weighted by atomic mass is 16.5. The van der Waals surface area contributed by atoms with Gasteiger partial charge in [0.1, 0.15) is 11.6 Å². The van der Waals surface area contributed by atoms with E-state index in [0.29, 0.717) is 0 Å². The number of benzene rings is 1. The Hall–Kier alpha value is -1.81. The number of imidazole rings is 1. The fourth-order valence-corrected chi connectivity index (χ4v) is 2.52. The first kappa shape index (κ1) is 11.3. The van der Waals surface area contributed by atoms with Gasteiger partial charge in [0.2, 0.25) is 0 Å². The Labute approximate surface area is 106 Å². The number of ether oxygens (including phenoxy) is 1. The second kappa shape index (κ2) is 4.82. The Morgan fingerprint density at radius 3 is 3.17 bits per heavy atom. The van der Waals surface area contributed by atoms with Gasteiger partial charge in [-0.05, 0) is 25.5 Å². The largest absolute Gasteiger partial charge is 0.493 e. The number of hydrogen-bond donors (Lipinski definition) is 2. The minimum absolute atomic E-state index is 0.0491. The van der Waals surface area contributed by atoms with Crippen molar-refractivity contribution in [2.45, 2.75) is 18.9 Å². The minimum Gasteiger partial charge on any atom is -0.493 e. The summed E-state index contributed by atoms with van der Waals surface area (Å²) in [7, 11) is 1.94. The van der Waals surface area contributed by atoms with E-state index in [2.05, 4.69) is 33.5 Å². The Morgan fingerprint density at radius 1 is 1.44 bits per heavy atom. The van der Waals surface area contributed by atoms with E-state index in [0.717, 1.165) is 36.6 Å². The molecule has 0 amide bonds. The first-order valence-corrected chi connectivity index (χ1v) is 6.31. The molecule has 18 heavy (non-hydrogen) atoms. The molecule has 0 saturated carbocycles. The number of aromatic amines is 1. The fourth-order valence-electron chi connectivity index (χ4n) is 2.52. The lowest BCUT2D eigenvalue weighted by Crippen LogP contribution is -2.21. The molecule has 4 heteroatoms. The highest BCUT2D eigenvalue weighted by Gasteiger charge is 2.22. The van der Waals surface area contributed by atoms with Gasteiger partial charge in [-0.15, -0.1) is 0 Å².